The Kier molecular flexibility index (Phi) is 8.93. The number of carbonyl (C=O) groups excluding carboxylic acids is 2. The molecule has 3 aromatic carbocycles. The number of halogens is 1. The Morgan fingerprint density at radius 3 is 2.34 bits per heavy atom. The van der Waals surface area contributed by atoms with Crippen LogP contribution >= 0.6 is 11.6 Å². The Labute approximate surface area is 263 Å². The van der Waals surface area contributed by atoms with Gasteiger partial charge in [-0.1, -0.05) is 66.2 Å². The minimum Gasteiger partial charge on any atom is -0.383 e. The summed E-state index contributed by atoms with van der Waals surface area (Å²) in [6.07, 6.45) is 2.37. The number of benzene rings is 3. The van der Waals surface area contributed by atoms with Gasteiger partial charge in [0, 0.05) is 79.8 Å². The Morgan fingerprint density at radius 1 is 0.909 bits per heavy atom. The number of nitrogen functional groups attached to an aromatic ring is 1. The molecule has 3 heterocycles. The van der Waals surface area contributed by atoms with Crippen molar-refractivity contribution < 1.29 is 9.59 Å². The summed E-state index contributed by atoms with van der Waals surface area (Å²) in [4.78, 5) is 37.4. The largest absolute Gasteiger partial charge is 0.383 e. The normalized spacial score (nSPS) is 17.5. The van der Waals surface area contributed by atoms with Crippen molar-refractivity contribution in [1.82, 2.24) is 25.0 Å². The van der Waals surface area contributed by atoms with E-state index in [2.05, 4.69) is 51.4 Å². The number of nitrogens with two attached hydrogens (primary N) is 1. The molecule has 9 heteroatoms. The topological polar surface area (TPSA) is 94.8 Å². The number of nitrogens with one attached hydrogen (secondary N) is 1. The molecule has 3 N–H and O–H groups in total. The van der Waals surface area contributed by atoms with Crippen molar-refractivity contribution in [2.75, 3.05) is 52.0 Å². The van der Waals surface area contributed by atoms with Crippen LogP contribution in [0.15, 0.2) is 85.1 Å². The molecule has 0 aliphatic carbocycles. The average molecular weight is 609 g/mol. The fourth-order valence-corrected chi connectivity index (χ4v) is 6.12. The van der Waals surface area contributed by atoms with Crippen LogP contribution in [0, 0.1) is 0 Å². The van der Waals surface area contributed by atoms with Crippen molar-refractivity contribution >= 4 is 29.2 Å². The van der Waals surface area contributed by atoms with Gasteiger partial charge in [-0.15, -0.1) is 0 Å². The quantitative estimate of drug-likeness (QED) is 0.305. The van der Waals surface area contributed by atoms with E-state index in [0.29, 0.717) is 35.7 Å². The van der Waals surface area contributed by atoms with Gasteiger partial charge in [0.15, 0.2) is 0 Å². The third-order valence-corrected chi connectivity index (χ3v) is 8.91. The van der Waals surface area contributed by atoms with Gasteiger partial charge in [0.1, 0.15) is 5.82 Å². The average Bonchev–Trinajstić information content (AvgIpc) is 3.51. The summed E-state index contributed by atoms with van der Waals surface area (Å²) in [5.74, 6) is -0.166. The highest BCUT2D eigenvalue weighted by Crippen LogP contribution is 2.28. The van der Waals surface area contributed by atoms with Crippen LogP contribution in [0.1, 0.15) is 32.7 Å². The molecule has 4 aromatic rings. The van der Waals surface area contributed by atoms with Crippen molar-refractivity contribution in [3.8, 4) is 22.3 Å². The second kappa shape index (κ2) is 13.2. The second-order valence-electron chi connectivity index (χ2n) is 11.7. The van der Waals surface area contributed by atoms with Gasteiger partial charge in [0.2, 0.25) is 0 Å². The number of hydrogen-bond acceptors (Lipinski definition) is 6. The van der Waals surface area contributed by atoms with E-state index < -0.39 is 0 Å². The molecule has 0 saturated carbocycles. The summed E-state index contributed by atoms with van der Waals surface area (Å²) < 4.78 is 0. The SMILES string of the molecule is CN1CCN(Cc2ccc(-c3cnc(N)c(C(=O)N[C@@H]4CCN(C(=O)c5ccc(-c6ccccc6Cl)cc5)C4)c3)cc2)CC1. The van der Waals surface area contributed by atoms with Crippen molar-refractivity contribution in [2.45, 2.75) is 19.0 Å². The summed E-state index contributed by atoms with van der Waals surface area (Å²) in [5.41, 5.74) is 12.0. The number of aromatic nitrogens is 1. The summed E-state index contributed by atoms with van der Waals surface area (Å²) in [5, 5.41) is 3.74. The maximum absolute atomic E-state index is 13.3. The monoisotopic (exact) mass is 608 g/mol. The van der Waals surface area contributed by atoms with Gasteiger partial charge >= 0.3 is 0 Å². The van der Waals surface area contributed by atoms with Gasteiger partial charge in [-0.25, -0.2) is 4.98 Å². The number of pyridine rings is 1. The lowest BCUT2D eigenvalue weighted by molar-refractivity contribution is 0.0783. The van der Waals surface area contributed by atoms with Gasteiger partial charge in [-0.2, -0.15) is 0 Å². The molecule has 0 bridgehead atoms. The number of likely N-dealkylation sites (N-methyl/N-ethyl adjacent to an activating group) is 1. The number of amides is 2. The number of carbonyl (C=O) groups is 2. The third-order valence-electron chi connectivity index (χ3n) is 8.58. The van der Waals surface area contributed by atoms with E-state index in [0.717, 1.165) is 55.0 Å². The molecule has 44 heavy (non-hydrogen) atoms. The first-order valence-electron chi connectivity index (χ1n) is 15.0. The Morgan fingerprint density at radius 2 is 1.61 bits per heavy atom. The zero-order valence-electron chi connectivity index (χ0n) is 24.9. The molecule has 0 spiro atoms. The lowest BCUT2D eigenvalue weighted by Crippen LogP contribution is -2.43. The summed E-state index contributed by atoms with van der Waals surface area (Å²) in [6, 6.07) is 25.1. The third kappa shape index (κ3) is 6.78. The molecule has 1 atom stereocenters. The second-order valence-corrected chi connectivity index (χ2v) is 12.1. The van der Waals surface area contributed by atoms with E-state index >= 15 is 0 Å². The number of hydrogen-bond donors (Lipinski definition) is 2. The zero-order chi connectivity index (χ0) is 30.6. The zero-order valence-corrected chi connectivity index (χ0v) is 25.6. The van der Waals surface area contributed by atoms with Crippen molar-refractivity contribution in [2.24, 2.45) is 0 Å². The van der Waals surface area contributed by atoms with E-state index in [-0.39, 0.29) is 23.7 Å². The molecule has 1 aromatic heterocycles. The van der Waals surface area contributed by atoms with E-state index in [1.54, 1.807) is 17.2 Å². The summed E-state index contributed by atoms with van der Waals surface area (Å²) >= 11 is 6.33. The molecule has 2 amide bonds. The molecular formula is C35H37ClN6O2. The van der Waals surface area contributed by atoms with Gasteiger partial charge in [-0.3, -0.25) is 14.5 Å². The van der Waals surface area contributed by atoms with Gasteiger partial charge < -0.3 is 20.9 Å². The van der Waals surface area contributed by atoms with Crippen LogP contribution in [-0.4, -0.2) is 83.9 Å². The number of piperazine rings is 1. The predicted molar refractivity (Wildman–Crippen MR) is 176 cm³/mol. The van der Waals surface area contributed by atoms with Crippen LogP contribution in [-0.2, 0) is 6.54 Å². The van der Waals surface area contributed by atoms with Crippen LogP contribution < -0.4 is 11.1 Å². The fourth-order valence-electron chi connectivity index (χ4n) is 5.88. The molecule has 8 nitrogen and oxygen atoms in total. The van der Waals surface area contributed by atoms with Crippen LogP contribution in [0.25, 0.3) is 22.3 Å². The maximum atomic E-state index is 13.3. The minimum absolute atomic E-state index is 0.0632. The van der Waals surface area contributed by atoms with Gasteiger partial charge in [-0.05, 0) is 54.4 Å². The number of likely N-dealkylation sites (tertiary alicyclic amines) is 1. The van der Waals surface area contributed by atoms with E-state index in [1.165, 1.54) is 5.56 Å². The first-order valence-corrected chi connectivity index (χ1v) is 15.4. The highest BCUT2D eigenvalue weighted by molar-refractivity contribution is 6.33. The smallest absolute Gasteiger partial charge is 0.255 e. The molecule has 2 aliphatic rings. The predicted octanol–water partition coefficient (Wildman–Crippen LogP) is 5.04. The molecule has 2 saturated heterocycles. The Bertz CT molecular complexity index is 1630. The van der Waals surface area contributed by atoms with Crippen LogP contribution in [0.3, 0.4) is 0 Å². The lowest BCUT2D eigenvalue weighted by Gasteiger charge is -2.32. The summed E-state index contributed by atoms with van der Waals surface area (Å²) in [6.45, 7) is 6.24. The van der Waals surface area contributed by atoms with Crippen molar-refractivity contribution in [1.29, 1.82) is 0 Å². The van der Waals surface area contributed by atoms with Gasteiger partial charge in [0.25, 0.3) is 11.8 Å². The molecule has 0 radical (unpaired) electrons. The minimum atomic E-state index is -0.285. The fraction of sp³-hybridized carbons (Fsp3) is 0.286. The van der Waals surface area contributed by atoms with E-state index in [9.17, 15) is 9.59 Å². The van der Waals surface area contributed by atoms with Crippen molar-refractivity contribution in [3.05, 3.63) is 107 Å². The molecule has 2 aliphatic heterocycles. The van der Waals surface area contributed by atoms with Gasteiger partial charge in [0.05, 0.1) is 5.56 Å². The van der Waals surface area contributed by atoms with Crippen LogP contribution in [0.2, 0.25) is 5.02 Å². The molecule has 0 unspecified atom stereocenters. The Hall–Kier alpha value is -4.24. The van der Waals surface area contributed by atoms with Crippen LogP contribution in [0.5, 0.6) is 0 Å². The number of nitrogens with zero attached hydrogens (tertiary/aromatic N) is 4. The molecule has 226 valence electrons. The Balaban J connectivity index is 1.06. The highest BCUT2D eigenvalue weighted by atomic mass is 35.5. The number of rotatable bonds is 7. The first-order chi connectivity index (χ1) is 21.3. The summed E-state index contributed by atoms with van der Waals surface area (Å²) in [7, 11) is 2.16. The first kappa shape index (κ1) is 29.8. The number of anilines is 1. The lowest BCUT2D eigenvalue weighted by atomic mass is 10.0. The molecular weight excluding hydrogens is 572 g/mol. The maximum Gasteiger partial charge on any atom is 0.255 e. The van der Waals surface area contributed by atoms with E-state index in [1.807, 2.05) is 48.5 Å². The van der Waals surface area contributed by atoms with Crippen molar-refractivity contribution in [3.63, 3.8) is 0 Å². The highest BCUT2D eigenvalue weighted by Gasteiger charge is 2.29. The van der Waals surface area contributed by atoms with Crippen LogP contribution in [0.4, 0.5) is 5.82 Å². The molecule has 2 fully saturated rings. The van der Waals surface area contributed by atoms with E-state index in [4.69, 9.17) is 17.3 Å². The standard InChI is InChI=1S/C35H37ClN6O2/c1-40-16-18-41(19-17-40)22-24-6-8-25(9-7-24)28-20-31(33(37)38-21-28)34(43)39-29-14-15-42(23-29)35(44)27-12-10-26(11-13-27)30-4-2-3-5-32(30)36/h2-13,20-21,29H,14-19,22-23H2,1H3,(H2,37,38)(H,39,43)/t29-/m1/s1. The molecule has 6 rings (SSSR count).